The Labute approximate surface area is 166 Å². The quantitative estimate of drug-likeness (QED) is 0.826. The molecule has 2 aliphatic heterocycles. The smallest absolute Gasteiger partial charge is 0.161 e. The van der Waals surface area contributed by atoms with Gasteiger partial charge in [0.25, 0.3) is 0 Å². The topological polar surface area (TPSA) is 52.2 Å². The Morgan fingerprint density at radius 2 is 1.86 bits per heavy atom. The Balaban J connectivity index is 1.61. The lowest BCUT2D eigenvalue weighted by Gasteiger charge is -2.30. The van der Waals surface area contributed by atoms with Crippen LogP contribution in [0.1, 0.15) is 22.7 Å². The highest BCUT2D eigenvalue weighted by Crippen LogP contribution is 2.40. The minimum atomic E-state index is 0.0873. The molecule has 1 N–H and O–H groups in total. The summed E-state index contributed by atoms with van der Waals surface area (Å²) in [5, 5.41) is 3.63. The summed E-state index contributed by atoms with van der Waals surface area (Å²) >= 11 is 0. The molecule has 28 heavy (non-hydrogen) atoms. The molecule has 0 radical (unpaired) electrons. The van der Waals surface area contributed by atoms with Crippen LogP contribution < -0.4 is 24.3 Å². The maximum atomic E-state index is 5.90. The summed E-state index contributed by atoms with van der Waals surface area (Å²) in [4.78, 5) is 2.09. The Bertz CT molecular complexity index is 838. The first-order valence-corrected chi connectivity index (χ1v) is 9.77. The second-order valence-electron chi connectivity index (χ2n) is 7.39. The van der Waals surface area contributed by atoms with E-state index < -0.39 is 0 Å². The van der Waals surface area contributed by atoms with Gasteiger partial charge in [0.05, 0.1) is 13.2 Å². The van der Waals surface area contributed by atoms with Crippen LogP contribution in [-0.2, 0) is 6.42 Å². The number of nitrogens with zero attached hydrogens (tertiary/aromatic N) is 1. The minimum absolute atomic E-state index is 0.0873. The van der Waals surface area contributed by atoms with Crippen LogP contribution in [0, 0.1) is 0 Å². The first kappa shape index (κ1) is 18.9. The van der Waals surface area contributed by atoms with Gasteiger partial charge in [-0.3, -0.25) is 0 Å². The predicted molar refractivity (Wildman–Crippen MR) is 108 cm³/mol. The van der Waals surface area contributed by atoms with Gasteiger partial charge in [-0.05, 0) is 61.5 Å². The van der Waals surface area contributed by atoms with Gasteiger partial charge >= 0.3 is 0 Å². The highest BCUT2D eigenvalue weighted by atomic mass is 16.6. The van der Waals surface area contributed by atoms with Gasteiger partial charge in [0.15, 0.2) is 23.0 Å². The summed E-state index contributed by atoms with van der Waals surface area (Å²) in [7, 11) is 5.74. The molecule has 0 saturated carbocycles. The second kappa shape index (κ2) is 8.29. The van der Waals surface area contributed by atoms with Gasteiger partial charge in [-0.15, -0.1) is 0 Å². The zero-order valence-electron chi connectivity index (χ0n) is 16.8. The van der Waals surface area contributed by atoms with Crippen LogP contribution in [0.15, 0.2) is 30.3 Å². The van der Waals surface area contributed by atoms with Crippen molar-refractivity contribution in [1.29, 1.82) is 0 Å². The van der Waals surface area contributed by atoms with Crippen LogP contribution in [0.4, 0.5) is 0 Å². The van der Waals surface area contributed by atoms with E-state index in [9.17, 15) is 0 Å². The fourth-order valence-electron chi connectivity index (χ4n) is 3.71. The fourth-order valence-corrected chi connectivity index (χ4v) is 3.71. The zero-order chi connectivity index (χ0) is 19.5. The fraction of sp³-hybridized carbons (Fsp3) is 0.455. The monoisotopic (exact) mass is 384 g/mol. The third-order valence-electron chi connectivity index (χ3n) is 5.17. The molecule has 2 aromatic rings. The van der Waals surface area contributed by atoms with E-state index in [4.69, 9.17) is 18.9 Å². The van der Waals surface area contributed by atoms with Gasteiger partial charge in [0, 0.05) is 13.1 Å². The van der Waals surface area contributed by atoms with Gasteiger partial charge in [-0.25, -0.2) is 0 Å². The molecule has 1 unspecified atom stereocenters. The van der Waals surface area contributed by atoms with Crippen molar-refractivity contribution in [2.24, 2.45) is 0 Å². The molecule has 150 valence electrons. The van der Waals surface area contributed by atoms with Crippen molar-refractivity contribution in [3.8, 4) is 23.0 Å². The number of fused-ring (bicyclic) bond motifs is 2. The molecule has 0 saturated heterocycles. The average molecular weight is 384 g/mol. The lowest BCUT2D eigenvalue weighted by molar-refractivity contribution is 0.171. The zero-order valence-corrected chi connectivity index (χ0v) is 16.8. The van der Waals surface area contributed by atoms with E-state index in [1.807, 2.05) is 20.2 Å². The molecule has 0 aromatic heterocycles. The van der Waals surface area contributed by atoms with E-state index >= 15 is 0 Å². The van der Waals surface area contributed by atoms with E-state index in [0.717, 1.165) is 48.1 Å². The maximum absolute atomic E-state index is 5.90. The summed E-state index contributed by atoms with van der Waals surface area (Å²) in [5.41, 5.74) is 3.69. The van der Waals surface area contributed by atoms with E-state index in [1.165, 1.54) is 11.1 Å². The summed E-state index contributed by atoms with van der Waals surface area (Å²) in [6.07, 6.45) is 0.978. The van der Waals surface area contributed by atoms with Crippen LogP contribution in [0.2, 0.25) is 0 Å². The maximum Gasteiger partial charge on any atom is 0.161 e. The normalized spacial score (nSPS) is 17.9. The number of benzene rings is 2. The molecule has 2 heterocycles. The SMILES string of the molecule is COc1cc(C2NCCc3cc4c(cc32)OCCO4)ccc1OCCN(C)C. The number of likely N-dealkylation sites (N-methyl/N-ethyl adjacent to an activating group) is 1. The van der Waals surface area contributed by atoms with Crippen LogP contribution in [0.3, 0.4) is 0 Å². The number of hydrogen-bond donors (Lipinski definition) is 1. The highest BCUT2D eigenvalue weighted by Gasteiger charge is 2.26. The Morgan fingerprint density at radius 3 is 2.61 bits per heavy atom. The third-order valence-corrected chi connectivity index (χ3v) is 5.17. The van der Waals surface area contributed by atoms with E-state index in [0.29, 0.717) is 19.8 Å². The average Bonchev–Trinajstić information content (AvgIpc) is 2.71. The van der Waals surface area contributed by atoms with Gasteiger partial charge in [0.1, 0.15) is 19.8 Å². The first-order chi connectivity index (χ1) is 13.7. The van der Waals surface area contributed by atoms with Crippen molar-refractivity contribution in [3.05, 3.63) is 47.0 Å². The first-order valence-electron chi connectivity index (χ1n) is 9.77. The molecule has 1 atom stereocenters. The predicted octanol–water partition coefficient (Wildman–Crippen LogP) is 2.64. The molecule has 2 aromatic carbocycles. The summed E-state index contributed by atoms with van der Waals surface area (Å²) in [6.45, 7) is 3.60. The molecule has 6 heteroatoms. The van der Waals surface area contributed by atoms with Crippen LogP contribution in [0.5, 0.6) is 23.0 Å². The lowest BCUT2D eigenvalue weighted by atomic mass is 9.89. The van der Waals surface area contributed by atoms with Crippen LogP contribution in [0.25, 0.3) is 0 Å². The lowest BCUT2D eigenvalue weighted by Crippen LogP contribution is -2.31. The summed E-state index contributed by atoms with van der Waals surface area (Å²) in [6, 6.07) is 10.5. The van der Waals surface area contributed by atoms with Crippen molar-refractivity contribution < 1.29 is 18.9 Å². The molecule has 0 fully saturated rings. The van der Waals surface area contributed by atoms with Crippen molar-refractivity contribution >= 4 is 0 Å². The van der Waals surface area contributed by atoms with Gasteiger partial charge in [-0.1, -0.05) is 6.07 Å². The van der Waals surface area contributed by atoms with Crippen LogP contribution in [-0.4, -0.2) is 59.0 Å². The van der Waals surface area contributed by atoms with E-state index in [-0.39, 0.29) is 6.04 Å². The molecule has 6 nitrogen and oxygen atoms in total. The number of ether oxygens (including phenoxy) is 4. The van der Waals surface area contributed by atoms with Gasteiger partial charge < -0.3 is 29.2 Å². The van der Waals surface area contributed by atoms with E-state index in [2.05, 4.69) is 34.5 Å². The Hall–Kier alpha value is -2.44. The van der Waals surface area contributed by atoms with Gasteiger partial charge in [-0.2, -0.15) is 0 Å². The number of rotatable bonds is 6. The summed E-state index contributed by atoms with van der Waals surface area (Å²) in [5.74, 6) is 3.20. The number of hydrogen-bond acceptors (Lipinski definition) is 6. The Kier molecular flexibility index (Phi) is 5.59. The molecule has 0 bridgehead atoms. The van der Waals surface area contributed by atoms with Crippen molar-refractivity contribution in [2.45, 2.75) is 12.5 Å². The largest absolute Gasteiger partial charge is 0.493 e. The van der Waals surface area contributed by atoms with Crippen molar-refractivity contribution in [1.82, 2.24) is 10.2 Å². The molecular weight excluding hydrogens is 356 g/mol. The molecule has 2 aliphatic rings. The number of methoxy groups -OCH3 is 1. The van der Waals surface area contributed by atoms with Crippen molar-refractivity contribution in [2.75, 3.05) is 54.1 Å². The third kappa shape index (κ3) is 3.88. The minimum Gasteiger partial charge on any atom is -0.493 e. The highest BCUT2D eigenvalue weighted by molar-refractivity contribution is 5.53. The second-order valence-corrected chi connectivity index (χ2v) is 7.39. The molecule has 0 spiro atoms. The molecule has 0 amide bonds. The standard InChI is InChI=1S/C22H28N2O4/c1-24(2)8-9-26-18-5-4-16(13-19(18)25-3)22-17-14-21-20(27-10-11-28-21)12-15(17)6-7-23-22/h4-5,12-14,22-23H,6-11H2,1-3H3. The van der Waals surface area contributed by atoms with Crippen molar-refractivity contribution in [3.63, 3.8) is 0 Å². The number of nitrogens with one attached hydrogen (secondary N) is 1. The molecule has 0 aliphatic carbocycles. The van der Waals surface area contributed by atoms with Crippen LogP contribution >= 0.6 is 0 Å². The Morgan fingerprint density at radius 1 is 1.07 bits per heavy atom. The molecule has 4 rings (SSSR count). The summed E-state index contributed by atoms with van der Waals surface area (Å²) < 4.78 is 23.1. The van der Waals surface area contributed by atoms with Gasteiger partial charge in [0.2, 0.25) is 0 Å². The molecular formula is C22H28N2O4. The van der Waals surface area contributed by atoms with E-state index in [1.54, 1.807) is 7.11 Å².